The number of cyclic esters (lactones) is 1. The molecule has 0 aromatic carbocycles. The van der Waals surface area contributed by atoms with Crippen LogP contribution in [0, 0.1) is 11.8 Å². The number of rotatable bonds is 10. The summed E-state index contributed by atoms with van der Waals surface area (Å²) in [5.74, 6) is 0.746. The number of unbranched alkanes of at least 4 members (excludes halogenated alkanes) is 2. The molecule has 4 nitrogen and oxygen atoms in total. The van der Waals surface area contributed by atoms with Crippen LogP contribution < -0.4 is 0 Å². The van der Waals surface area contributed by atoms with E-state index in [4.69, 9.17) is 9.47 Å². The lowest BCUT2D eigenvalue weighted by Gasteiger charge is -2.29. The van der Waals surface area contributed by atoms with Gasteiger partial charge in [0.2, 0.25) is 0 Å². The zero-order valence-corrected chi connectivity index (χ0v) is 15.3. The van der Waals surface area contributed by atoms with Gasteiger partial charge >= 0.3 is 11.9 Å². The van der Waals surface area contributed by atoms with E-state index in [1.165, 1.54) is 32.6 Å². The van der Waals surface area contributed by atoms with E-state index in [0.29, 0.717) is 24.7 Å². The maximum absolute atomic E-state index is 11.4. The molecular weight excluding hydrogens is 292 g/mol. The molecule has 0 aliphatic carbocycles. The minimum atomic E-state index is -0.247. The van der Waals surface area contributed by atoms with Crippen molar-refractivity contribution < 1.29 is 19.1 Å². The summed E-state index contributed by atoms with van der Waals surface area (Å²) in [4.78, 5) is 22.8. The molecule has 0 aromatic heterocycles. The Kier molecular flexibility index (Phi) is 9.27. The molecule has 0 spiro atoms. The molecule has 0 radical (unpaired) electrons. The van der Waals surface area contributed by atoms with Crippen molar-refractivity contribution in [2.24, 2.45) is 11.8 Å². The van der Waals surface area contributed by atoms with Crippen molar-refractivity contribution in [3.8, 4) is 0 Å². The standard InChI is InChI=1S/C19H34O4/c1-5-6-7-9-14(2)15(3)12-18(22-16(4)20)13-17-10-8-11-19(21)23-17/h14-15,17-18H,5-13H2,1-4H3. The molecule has 0 N–H and O–H groups in total. The second-order valence-corrected chi connectivity index (χ2v) is 7.16. The summed E-state index contributed by atoms with van der Waals surface area (Å²) in [5, 5.41) is 0. The molecule has 23 heavy (non-hydrogen) atoms. The van der Waals surface area contributed by atoms with Gasteiger partial charge in [0.05, 0.1) is 0 Å². The van der Waals surface area contributed by atoms with Crippen LogP contribution in [-0.2, 0) is 19.1 Å². The van der Waals surface area contributed by atoms with Gasteiger partial charge in [-0.25, -0.2) is 0 Å². The largest absolute Gasteiger partial charge is 0.462 e. The topological polar surface area (TPSA) is 52.6 Å². The summed E-state index contributed by atoms with van der Waals surface area (Å²) >= 11 is 0. The highest BCUT2D eigenvalue weighted by molar-refractivity contribution is 5.70. The SMILES string of the molecule is CCCCCC(C)C(C)CC(CC1CCCC(=O)O1)OC(C)=O. The van der Waals surface area contributed by atoms with Crippen LogP contribution in [0.15, 0.2) is 0 Å². The van der Waals surface area contributed by atoms with E-state index in [1.807, 2.05) is 0 Å². The molecule has 4 heteroatoms. The second kappa shape index (κ2) is 10.7. The molecule has 0 saturated carbocycles. The molecule has 0 bridgehead atoms. The number of hydrogen-bond acceptors (Lipinski definition) is 4. The third-order valence-corrected chi connectivity index (χ3v) is 4.93. The summed E-state index contributed by atoms with van der Waals surface area (Å²) in [6.07, 6.45) is 8.52. The zero-order chi connectivity index (χ0) is 17.2. The Morgan fingerprint density at radius 3 is 2.65 bits per heavy atom. The van der Waals surface area contributed by atoms with E-state index in [1.54, 1.807) is 0 Å². The highest BCUT2D eigenvalue weighted by atomic mass is 16.6. The van der Waals surface area contributed by atoms with E-state index in [2.05, 4.69) is 20.8 Å². The Morgan fingerprint density at radius 2 is 2.04 bits per heavy atom. The van der Waals surface area contributed by atoms with Crippen molar-refractivity contribution in [3.05, 3.63) is 0 Å². The van der Waals surface area contributed by atoms with Crippen LogP contribution in [-0.4, -0.2) is 24.1 Å². The average Bonchev–Trinajstić information content (AvgIpc) is 2.46. The Balaban J connectivity index is 2.48. The Hall–Kier alpha value is -1.06. The van der Waals surface area contributed by atoms with Gasteiger partial charge in [-0.15, -0.1) is 0 Å². The minimum absolute atomic E-state index is 0.0943. The van der Waals surface area contributed by atoms with Crippen LogP contribution in [0.1, 0.15) is 85.5 Å². The van der Waals surface area contributed by atoms with Gasteiger partial charge in [0.15, 0.2) is 0 Å². The molecular formula is C19H34O4. The highest BCUT2D eigenvalue weighted by Crippen LogP contribution is 2.27. The van der Waals surface area contributed by atoms with Crippen molar-refractivity contribution in [3.63, 3.8) is 0 Å². The van der Waals surface area contributed by atoms with E-state index in [9.17, 15) is 9.59 Å². The molecule has 1 heterocycles. The van der Waals surface area contributed by atoms with E-state index >= 15 is 0 Å². The predicted octanol–water partition coefficient (Wildman–Crippen LogP) is 4.65. The van der Waals surface area contributed by atoms with Crippen molar-refractivity contribution >= 4 is 11.9 Å². The Labute approximate surface area is 141 Å². The first-order valence-electron chi connectivity index (χ1n) is 9.29. The summed E-state index contributed by atoms with van der Waals surface area (Å²) in [6, 6.07) is 0. The fraction of sp³-hybridized carbons (Fsp3) is 0.895. The monoisotopic (exact) mass is 326 g/mol. The molecule has 1 aliphatic heterocycles. The lowest BCUT2D eigenvalue weighted by molar-refractivity contribution is -0.158. The summed E-state index contributed by atoms with van der Waals surface area (Å²) in [6.45, 7) is 8.19. The van der Waals surface area contributed by atoms with Crippen LogP contribution in [0.2, 0.25) is 0 Å². The summed E-state index contributed by atoms with van der Waals surface area (Å²) < 4.78 is 10.9. The maximum atomic E-state index is 11.4. The average molecular weight is 326 g/mol. The van der Waals surface area contributed by atoms with E-state index in [0.717, 1.165) is 19.3 Å². The van der Waals surface area contributed by atoms with Gasteiger partial charge in [-0.2, -0.15) is 0 Å². The van der Waals surface area contributed by atoms with Gasteiger partial charge in [-0.1, -0.05) is 46.5 Å². The fourth-order valence-corrected chi connectivity index (χ4v) is 3.31. The van der Waals surface area contributed by atoms with Crippen molar-refractivity contribution in [1.29, 1.82) is 0 Å². The lowest BCUT2D eigenvalue weighted by Crippen LogP contribution is -2.31. The van der Waals surface area contributed by atoms with Gasteiger partial charge in [0, 0.05) is 19.8 Å². The summed E-state index contributed by atoms with van der Waals surface area (Å²) in [5.41, 5.74) is 0. The van der Waals surface area contributed by atoms with Crippen LogP contribution in [0.4, 0.5) is 0 Å². The highest BCUT2D eigenvalue weighted by Gasteiger charge is 2.27. The minimum Gasteiger partial charge on any atom is -0.462 e. The number of hydrogen-bond donors (Lipinski definition) is 0. The van der Waals surface area contributed by atoms with Gasteiger partial charge in [-0.05, 0) is 31.1 Å². The number of esters is 2. The van der Waals surface area contributed by atoms with Crippen molar-refractivity contribution in [2.75, 3.05) is 0 Å². The van der Waals surface area contributed by atoms with Crippen molar-refractivity contribution in [1.82, 2.24) is 0 Å². The number of ether oxygens (including phenoxy) is 2. The lowest BCUT2D eigenvalue weighted by atomic mass is 9.85. The van der Waals surface area contributed by atoms with Crippen LogP contribution >= 0.6 is 0 Å². The molecule has 134 valence electrons. The first-order chi connectivity index (χ1) is 10.9. The van der Waals surface area contributed by atoms with E-state index in [-0.39, 0.29) is 24.1 Å². The van der Waals surface area contributed by atoms with E-state index < -0.39 is 0 Å². The predicted molar refractivity (Wildman–Crippen MR) is 91.0 cm³/mol. The summed E-state index contributed by atoms with van der Waals surface area (Å²) in [7, 11) is 0. The molecule has 1 saturated heterocycles. The number of carbonyl (C=O) groups excluding carboxylic acids is 2. The first kappa shape index (κ1) is 20.0. The fourth-order valence-electron chi connectivity index (χ4n) is 3.31. The smallest absolute Gasteiger partial charge is 0.306 e. The molecule has 1 fully saturated rings. The molecule has 1 rings (SSSR count). The second-order valence-electron chi connectivity index (χ2n) is 7.16. The number of carbonyl (C=O) groups is 2. The normalized spacial score (nSPS) is 22.1. The van der Waals surface area contributed by atoms with Gasteiger partial charge in [-0.3, -0.25) is 9.59 Å². The Morgan fingerprint density at radius 1 is 1.30 bits per heavy atom. The third kappa shape index (κ3) is 8.38. The molecule has 4 unspecified atom stereocenters. The molecule has 4 atom stereocenters. The molecule has 1 aliphatic rings. The van der Waals surface area contributed by atoms with Gasteiger partial charge in [0.25, 0.3) is 0 Å². The molecule has 0 aromatic rings. The maximum Gasteiger partial charge on any atom is 0.306 e. The van der Waals surface area contributed by atoms with Crippen LogP contribution in [0.3, 0.4) is 0 Å². The first-order valence-corrected chi connectivity index (χ1v) is 9.29. The van der Waals surface area contributed by atoms with Gasteiger partial charge < -0.3 is 9.47 Å². The van der Waals surface area contributed by atoms with Crippen LogP contribution in [0.25, 0.3) is 0 Å². The third-order valence-electron chi connectivity index (χ3n) is 4.93. The Bertz CT molecular complexity index is 366. The zero-order valence-electron chi connectivity index (χ0n) is 15.3. The van der Waals surface area contributed by atoms with Crippen LogP contribution in [0.5, 0.6) is 0 Å². The van der Waals surface area contributed by atoms with Crippen molar-refractivity contribution in [2.45, 2.75) is 97.7 Å². The quantitative estimate of drug-likeness (QED) is 0.433. The molecule has 0 amide bonds. The van der Waals surface area contributed by atoms with Gasteiger partial charge in [0.1, 0.15) is 12.2 Å².